The Morgan fingerprint density at radius 3 is 2.35 bits per heavy atom. The van der Waals surface area contributed by atoms with Gasteiger partial charge in [-0.05, 0) is 30.7 Å². The summed E-state index contributed by atoms with van der Waals surface area (Å²) < 4.78 is 23.4. The van der Waals surface area contributed by atoms with E-state index in [-0.39, 0.29) is 5.82 Å². The third-order valence-corrected chi connectivity index (χ3v) is 2.90. The Morgan fingerprint density at radius 1 is 1.15 bits per heavy atom. The molecule has 106 valence electrons. The molecule has 1 heterocycles. The fourth-order valence-corrected chi connectivity index (χ4v) is 1.89. The summed E-state index contributed by atoms with van der Waals surface area (Å²) in [7, 11) is 3.07. The number of hydrogen-bond acceptors (Lipinski definition) is 5. The van der Waals surface area contributed by atoms with E-state index in [1.807, 2.05) is 6.92 Å². The van der Waals surface area contributed by atoms with Crippen LogP contribution < -0.4 is 14.8 Å². The first kappa shape index (κ1) is 14.0. The van der Waals surface area contributed by atoms with Crippen LogP contribution in [0, 0.1) is 12.7 Å². The Balaban J connectivity index is 2.22. The third kappa shape index (κ3) is 2.96. The number of nitrogens with one attached hydrogen (secondary N) is 1. The minimum Gasteiger partial charge on any atom is -0.481 e. The molecule has 0 aliphatic rings. The van der Waals surface area contributed by atoms with Crippen LogP contribution in [0.3, 0.4) is 0 Å². The first-order chi connectivity index (χ1) is 9.65. The normalized spacial score (nSPS) is 10.2. The number of halogens is 1. The van der Waals surface area contributed by atoms with Crippen LogP contribution in [0.4, 0.5) is 10.1 Å². The molecule has 2 rings (SSSR count). The van der Waals surface area contributed by atoms with Crippen LogP contribution in [-0.2, 0) is 6.54 Å². The van der Waals surface area contributed by atoms with Crippen LogP contribution in [0.25, 0.3) is 0 Å². The summed E-state index contributed by atoms with van der Waals surface area (Å²) in [6.07, 6.45) is 1.38. The van der Waals surface area contributed by atoms with E-state index in [2.05, 4.69) is 15.3 Å². The van der Waals surface area contributed by atoms with E-state index in [9.17, 15) is 4.39 Å². The molecule has 20 heavy (non-hydrogen) atoms. The number of anilines is 1. The van der Waals surface area contributed by atoms with E-state index in [4.69, 9.17) is 9.47 Å². The molecule has 0 aliphatic heterocycles. The smallest absolute Gasteiger partial charge is 0.225 e. The van der Waals surface area contributed by atoms with Crippen LogP contribution >= 0.6 is 0 Å². The van der Waals surface area contributed by atoms with Gasteiger partial charge in [-0.25, -0.2) is 14.4 Å². The van der Waals surface area contributed by atoms with E-state index in [0.717, 1.165) is 11.3 Å². The first-order valence-electron chi connectivity index (χ1n) is 6.07. The maximum absolute atomic E-state index is 13.1. The lowest BCUT2D eigenvalue weighted by molar-refractivity contribution is 0.363. The minimum absolute atomic E-state index is 0.258. The topological polar surface area (TPSA) is 56.3 Å². The molecule has 1 aromatic carbocycles. The van der Waals surface area contributed by atoms with Crippen LogP contribution in [0.5, 0.6) is 11.8 Å². The number of rotatable bonds is 5. The van der Waals surface area contributed by atoms with Gasteiger partial charge in [0.05, 0.1) is 26.3 Å². The second-order valence-electron chi connectivity index (χ2n) is 4.18. The Morgan fingerprint density at radius 2 is 1.80 bits per heavy atom. The summed E-state index contributed by atoms with van der Waals surface area (Å²) in [5.74, 6) is 0.638. The molecule has 0 bridgehead atoms. The molecule has 0 unspecified atom stereocenters. The molecule has 6 heteroatoms. The van der Waals surface area contributed by atoms with E-state index >= 15 is 0 Å². The quantitative estimate of drug-likeness (QED) is 0.910. The van der Waals surface area contributed by atoms with E-state index in [0.29, 0.717) is 23.9 Å². The average Bonchev–Trinajstić information content (AvgIpc) is 2.46. The van der Waals surface area contributed by atoms with Crippen molar-refractivity contribution in [2.75, 3.05) is 19.5 Å². The van der Waals surface area contributed by atoms with Crippen molar-refractivity contribution in [2.45, 2.75) is 13.5 Å². The Bertz CT molecular complexity index is 583. The van der Waals surface area contributed by atoms with Crippen molar-refractivity contribution >= 4 is 5.69 Å². The zero-order valence-corrected chi connectivity index (χ0v) is 11.6. The minimum atomic E-state index is -0.258. The average molecular weight is 277 g/mol. The molecule has 0 saturated carbocycles. The van der Waals surface area contributed by atoms with Crippen LogP contribution in [-0.4, -0.2) is 24.2 Å². The van der Waals surface area contributed by atoms with Crippen molar-refractivity contribution in [3.63, 3.8) is 0 Å². The van der Waals surface area contributed by atoms with Gasteiger partial charge in [0.1, 0.15) is 12.1 Å². The highest BCUT2D eigenvalue weighted by Crippen LogP contribution is 2.25. The van der Waals surface area contributed by atoms with Crippen LogP contribution in [0.2, 0.25) is 0 Å². The van der Waals surface area contributed by atoms with Gasteiger partial charge in [-0.3, -0.25) is 0 Å². The third-order valence-electron chi connectivity index (χ3n) is 2.90. The highest BCUT2D eigenvalue weighted by atomic mass is 19.1. The highest BCUT2D eigenvalue weighted by molar-refractivity contribution is 5.52. The monoisotopic (exact) mass is 277 g/mol. The lowest BCUT2D eigenvalue weighted by atomic mass is 10.2. The van der Waals surface area contributed by atoms with Gasteiger partial charge in [0.2, 0.25) is 11.8 Å². The summed E-state index contributed by atoms with van der Waals surface area (Å²) >= 11 is 0. The van der Waals surface area contributed by atoms with Crippen molar-refractivity contribution in [1.29, 1.82) is 0 Å². The second kappa shape index (κ2) is 6.18. The molecule has 5 nitrogen and oxygen atoms in total. The number of hydrogen-bond donors (Lipinski definition) is 1. The number of nitrogens with zero attached hydrogens (tertiary/aromatic N) is 2. The molecule has 0 spiro atoms. The van der Waals surface area contributed by atoms with Gasteiger partial charge in [0.25, 0.3) is 0 Å². The zero-order valence-electron chi connectivity index (χ0n) is 11.6. The van der Waals surface area contributed by atoms with Gasteiger partial charge < -0.3 is 14.8 Å². The maximum Gasteiger partial charge on any atom is 0.225 e. The maximum atomic E-state index is 13.1. The summed E-state index contributed by atoms with van der Waals surface area (Å²) in [6, 6.07) is 4.57. The van der Waals surface area contributed by atoms with Crippen molar-refractivity contribution in [3.8, 4) is 11.8 Å². The van der Waals surface area contributed by atoms with Gasteiger partial charge in [0, 0.05) is 5.69 Å². The van der Waals surface area contributed by atoms with Gasteiger partial charge in [0.15, 0.2) is 0 Å². The van der Waals surface area contributed by atoms with Crippen LogP contribution in [0.1, 0.15) is 11.1 Å². The number of ether oxygens (including phenoxy) is 2. The molecule has 0 aliphatic carbocycles. The summed E-state index contributed by atoms with van der Waals surface area (Å²) in [6.45, 7) is 2.25. The van der Waals surface area contributed by atoms with E-state index < -0.39 is 0 Å². The van der Waals surface area contributed by atoms with E-state index in [1.54, 1.807) is 6.07 Å². The fourth-order valence-electron chi connectivity index (χ4n) is 1.89. The molecule has 0 fully saturated rings. The van der Waals surface area contributed by atoms with Crippen molar-refractivity contribution in [3.05, 3.63) is 41.5 Å². The lowest BCUT2D eigenvalue weighted by Crippen LogP contribution is -2.07. The molecule has 1 N–H and O–H groups in total. The number of methoxy groups -OCH3 is 2. The van der Waals surface area contributed by atoms with Gasteiger partial charge in [-0.1, -0.05) is 0 Å². The summed E-state index contributed by atoms with van der Waals surface area (Å²) in [4.78, 5) is 8.08. The Hall–Kier alpha value is -2.37. The van der Waals surface area contributed by atoms with Crippen molar-refractivity contribution in [2.24, 2.45) is 0 Å². The number of aromatic nitrogens is 2. The first-order valence-corrected chi connectivity index (χ1v) is 6.07. The van der Waals surface area contributed by atoms with E-state index in [1.165, 1.54) is 32.7 Å². The summed E-state index contributed by atoms with van der Waals surface area (Å²) in [5.41, 5.74) is 2.36. The molecular weight excluding hydrogens is 261 g/mol. The lowest BCUT2D eigenvalue weighted by Gasteiger charge is -2.13. The predicted molar refractivity (Wildman–Crippen MR) is 73.6 cm³/mol. The molecular formula is C14H16FN3O2. The number of benzene rings is 1. The standard InChI is InChI=1S/C14H16FN3O2/c1-9-6-10(15)4-5-12(9)16-7-11-13(19-2)17-8-18-14(11)20-3/h4-6,8,16H,7H2,1-3H3. The zero-order chi connectivity index (χ0) is 14.5. The van der Waals surface area contributed by atoms with Crippen molar-refractivity contribution < 1.29 is 13.9 Å². The Labute approximate surface area is 116 Å². The van der Waals surface area contributed by atoms with Gasteiger partial charge in [-0.15, -0.1) is 0 Å². The summed E-state index contributed by atoms with van der Waals surface area (Å²) in [5, 5.41) is 3.20. The second-order valence-corrected chi connectivity index (χ2v) is 4.18. The van der Waals surface area contributed by atoms with Crippen LogP contribution in [0.15, 0.2) is 24.5 Å². The van der Waals surface area contributed by atoms with Gasteiger partial charge in [-0.2, -0.15) is 0 Å². The largest absolute Gasteiger partial charge is 0.481 e. The number of aryl methyl sites for hydroxylation is 1. The predicted octanol–water partition coefficient (Wildman–Crippen LogP) is 2.55. The Kier molecular flexibility index (Phi) is 4.34. The molecule has 0 saturated heterocycles. The SMILES string of the molecule is COc1ncnc(OC)c1CNc1ccc(F)cc1C. The molecule has 0 atom stereocenters. The fraction of sp³-hybridized carbons (Fsp3) is 0.286. The van der Waals surface area contributed by atoms with Crippen molar-refractivity contribution in [1.82, 2.24) is 9.97 Å². The molecule has 0 radical (unpaired) electrons. The van der Waals surface area contributed by atoms with Gasteiger partial charge >= 0.3 is 0 Å². The molecule has 0 amide bonds. The highest BCUT2D eigenvalue weighted by Gasteiger charge is 2.13. The molecule has 1 aromatic heterocycles. The molecule has 2 aromatic rings.